The first-order chi connectivity index (χ1) is 13.1. The van der Waals surface area contributed by atoms with Gasteiger partial charge in [0.15, 0.2) is 10.9 Å². The molecule has 1 unspecified atom stereocenters. The third kappa shape index (κ3) is 4.36. The maximum atomic E-state index is 12.8. The Hall–Kier alpha value is -3.22. The van der Waals surface area contributed by atoms with Crippen LogP contribution in [0, 0.1) is 10.1 Å². The Labute approximate surface area is 158 Å². The molecule has 0 aliphatic carbocycles. The van der Waals surface area contributed by atoms with Crippen molar-refractivity contribution in [2.75, 3.05) is 0 Å². The quantitative estimate of drug-likeness (QED) is 0.291. The second kappa shape index (κ2) is 7.42. The van der Waals surface area contributed by atoms with Crippen molar-refractivity contribution < 1.29 is 22.5 Å². The highest BCUT2D eigenvalue weighted by Crippen LogP contribution is 2.34. The maximum absolute atomic E-state index is 12.8. The van der Waals surface area contributed by atoms with Crippen molar-refractivity contribution in [1.82, 2.24) is 20.2 Å². The molecule has 2 heterocycles. The van der Waals surface area contributed by atoms with Crippen molar-refractivity contribution in [3.05, 3.63) is 62.4 Å². The first kappa shape index (κ1) is 19.5. The summed E-state index contributed by atoms with van der Waals surface area (Å²) in [6.07, 6.45) is -4.75. The normalized spacial score (nSPS) is 12.7. The predicted molar refractivity (Wildman–Crippen MR) is 90.5 cm³/mol. The molecule has 28 heavy (non-hydrogen) atoms. The molecule has 3 aromatic rings. The Balaban J connectivity index is 1.79. The molecule has 0 bridgehead atoms. The van der Waals surface area contributed by atoms with Gasteiger partial charge >= 0.3 is 6.18 Å². The number of H-pyrrole nitrogens is 1. The lowest BCUT2D eigenvalue weighted by molar-refractivity contribution is -0.384. The number of nitrogens with zero attached hydrogens (tertiary/aromatic N) is 4. The van der Waals surface area contributed by atoms with E-state index in [1.807, 2.05) is 0 Å². The first-order valence-corrected chi connectivity index (χ1v) is 8.45. The largest absolute Gasteiger partial charge is 0.433 e. The van der Waals surface area contributed by atoms with E-state index in [0.29, 0.717) is 11.6 Å². The van der Waals surface area contributed by atoms with E-state index >= 15 is 0 Å². The van der Waals surface area contributed by atoms with Gasteiger partial charge in [-0.1, -0.05) is 11.8 Å². The summed E-state index contributed by atoms with van der Waals surface area (Å²) < 4.78 is 43.8. The van der Waals surface area contributed by atoms with Crippen molar-refractivity contribution >= 4 is 17.4 Å². The highest BCUT2D eigenvalue weighted by atomic mass is 32.2. The number of hydrogen-bond acceptors (Lipinski definition) is 8. The highest BCUT2D eigenvalue weighted by molar-refractivity contribution is 7.99. The van der Waals surface area contributed by atoms with Crippen LogP contribution in [0.1, 0.15) is 23.8 Å². The summed E-state index contributed by atoms with van der Waals surface area (Å²) in [5, 5.41) is 17.5. The summed E-state index contributed by atoms with van der Waals surface area (Å²) in [4.78, 5) is 27.2. The van der Waals surface area contributed by atoms with Crippen LogP contribution in [0.25, 0.3) is 11.5 Å². The summed E-state index contributed by atoms with van der Waals surface area (Å²) in [5.41, 5.74) is -1.91. The number of nitrogens with one attached hydrogen (secondary N) is 1. The number of benzene rings is 1. The number of thioether (sulfide) groups is 1. The van der Waals surface area contributed by atoms with Crippen LogP contribution < -0.4 is 5.56 Å². The average molecular weight is 413 g/mol. The monoisotopic (exact) mass is 413 g/mol. The van der Waals surface area contributed by atoms with Crippen LogP contribution in [0.5, 0.6) is 0 Å². The molecule has 3 rings (SSSR count). The predicted octanol–water partition coefficient (Wildman–Crippen LogP) is 3.60. The van der Waals surface area contributed by atoms with Crippen LogP contribution in [0.4, 0.5) is 18.9 Å². The lowest BCUT2D eigenvalue weighted by Crippen LogP contribution is -2.17. The molecule has 0 spiro atoms. The van der Waals surface area contributed by atoms with Gasteiger partial charge in [0.05, 0.1) is 10.2 Å². The minimum Gasteiger partial charge on any atom is -0.419 e. The van der Waals surface area contributed by atoms with Crippen molar-refractivity contribution in [3.63, 3.8) is 0 Å². The second-order valence-corrected chi connectivity index (χ2v) is 6.77. The fourth-order valence-corrected chi connectivity index (χ4v) is 2.94. The van der Waals surface area contributed by atoms with Crippen LogP contribution in [0.15, 0.2) is 44.7 Å². The third-order valence-electron chi connectivity index (χ3n) is 3.41. The molecule has 1 N–H and O–H groups in total. The molecule has 146 valence electrons. The van der Waals surface area contributed by atoms with E-state index in [9.17, 15) is 28.1 Å². The molecule has 0 aliphatic heterocycles. The average Bonchev–Trinajstić information content (AvgIpc) is 3.11. The highest BCUT2D eigenvalue weighted by Gasteiger charge is 2.33. The van der Waals surface area contributed by atoms with Gasteiger partial charge in [0, 0.05) is 23.8 Å². The molecule has 0 saturated carbocycles. The Morgan fingerprint density at radius 2 is 1.93 bits per heavy atom. The van der Waals surface area contributed by atoms with Crippen molar-refractivity contribution in [3.8, 4) is 11.5 Å². The smallest absolute Gasteiger partial charge is 0.419 e. The Morgan fingerprint density at radius 1 is 1.25 bits per heavy atom. The SMILES string of the molecule is CC(Sc1nc(C(F)(F)F)cc(=O)[nH]1)c1nnc(-c2ccc([N+](=O)[O-])cc2)o1. The maximum Gasteiger partial charge on any atom is 0.433 e. The zero-order valence-corrected chi connectivity index (χ0v) is 14.7. The van der Waals surface area contributed by atoms with Gasteiger partial charge in [-0.15, -0.1) is 10.2 Å². The van der Waals surface area contributed by atoms with Gasteiger partial charge in [0.1, 0.15) is 0 Å². The number of rotatable bonds is 5. The molecular formula is C15H10F3N5O4S. The molecule has 9 nitrogen and oxygen atoms in total. The number of nitro groups is 1. The van der Waals surface area contributed by atoms with Gasteiger partial charge < -0.3 is 9.40 Å². The fraction of sp³-hybridized carbons (Fsp3) is 0.200. The number of nitro benzene ring substituents is 1. The molecule has 0 fully saturated rings. The molecule has 1 aromatic carbocycles. The van der Waals surface area contributed by atoms with Crippen LogP contribution >= 0.6 is 11.8 Å². The van der Waals surface area contributed by atoms with E-state index in [4.69, 9.17) is 4.42 Å². The van der Waals surface area contributed by atoms with E-state index in [1.165, 1.54) is 24.3 Å². The van der Waals surface area contributed by atoms with E-state index in [-0.39, 0.29) is 22.6 Å². The van der Waals surface area contributed by atoms with Crippen molar-refractivity contribution in [2.24, 2.45) is 0 Å². The van der Waals surface area contributed by atoms with Gasteiger partial charge in [-0.2, -0.15) is 13.2 Å². The zero-order chi connectivity index (χ0) is 20.5. The fourth-order valence-electron chi connectivity index (χ4n) is 2.10. The van der Waals surface area contributed by atoms with Gasteiger partial charge in [-0.05, 0) is 19.1 Å². The van der Waals surface area contributed by atoms with E-state index in [2.05, 4.69) is 20.2 Å². The number of hydrogen-bond donors (Lipinski definition) is 1. The summed E-state index contributed by atoms with van der Waals surface area (Å²) >= 11 is 0.804. The van der Waals surface area contributed by atoms with Crippen molar-refractivity contribution in [2.45, 2.75) is 23.5 Å². The second-order valence-electron chi connectivity index (χ2n) is 5.44. The summed E-state index contributed by atoms with van der Waals surface area (Å²) in [5.74, 6) is 0.168. The third-order valence-corrected chi connectivity index (χ3v) is 4.38. The molecule has 0 saturated heterocycles. The van der Waals surface area contributed by atoms with Gasteiger partial charge in [-0.3, -0.25) is 14.9 Å². The summed E-state index contributed by atoms with van der Waals surface area (Å²) in [7, 11) is 0. The van der Waals surface area contributed by atoms with Crippen LogP contribution in [0.2, 0.25) is 0 Å². The lowest BCUT2D eigenvalue weighted by Gasteiger charge is -2.09. The van der Waals surface area contributed by atoms with E-state index in [1.54, 1.807) is 6.92 Å². The molecule has 2 aromatic heterocycles. The van der Waals surface area contributed by atoms with Crippen molar-refractivity contribution in [1.29, 1.82) is 0 Å². The lowest BCUT2D eigenvalue weighted by atomic mass is 10.2. The van der Waals surface area contributed by atoms with Crippen LogP contribution in [0.3, 0.4) is 0 Å². The van der Waals surface area contributed by atoms with Gasteiger partial charge in [-0.25, -0.2) is 4.98 Å². The summed E-state index contributed by atoms with van der Waals surface area (Å²) in [6, 6.07) is 5.77. The number of halogens is 3. The van der Waals surface area contributed by atoms with Gasteiger partial charge in [0.2, 0.25) is 11.8 Å². The van der Waals surface area contributed by atoms with E-state index < -0.39 is 27.6 Å². The molecule has 13 heteroatoms. The number of aromatic nitrogens is 4. The minimum absolute atomic E-state index is 0.0819. The molecule has 0 radical (unpaired) electrons. The molecular weight excluding hydrogens is 403 g/mol. The van der Waals surface area contributed by atoms with Gasteiger partial charge in [0.25, 0.3) is 11.2 Å². The topological polar surface area (TPSA) is 128 Å². The van der Waals surface area contributed by atoms with E-state index in [0.717, 1.165) is 11.8 Å². The standard InChI is InChI=1S/C15H10F3N5O4S/c1-7(28-14-19-10(15(16,17)18)6-11(24)20-14)12-21-22-13(27-12)8-2-4-9(5-3-8)23(25)26/h2-7H,1H3,(H,19,20,24). The van der Waals surface area contributed by atoms with Crippen LogP contribution in [-0.2, 0) is 6.18 Å². The zero-order valence-electron chi connectivity index (χ0n) is 13.9. The number of aromatic amines is 1. The Morgan fingerprint density at radius 3 is 2.54 bits per heavy atom. The summed E-state index contributed by atoms with van der Waals surface area (Å²) in [6.45, 7) is 1.58. The minimum atomic E-state index is -4.75. The Kier molecular flexibility index (Phi) is 5.18. The first-order valence-electron chi connectivity index (χ1n) is 7.57. The molecule has 0 amide bonds. The molecule has 1 atom stereocenters. The number of alkyl halides is 3. The number of non-ortho nitro benzene ring substituents is 1. The van der Waals surface area contributed by atoms with Crippen LogP contribution in [-0.4, -0.2) is 25.1 Å². The Bertz CT molecular complexity index is 1060. The molecule has 0 aliphatic rings.